The van der Waals surface area contributed by atoms with Crippen molar-refractivity contribution in [3.8, 4) is 22.3 Å². The van der Waals surface area contributed by atoms with Crippen molar-refractivity contribution in [2.24, 2.45) is 0 Å². The Balaban J connectivity index is 1.19. The molecule has 61 heavy (non-hydrogen) atoms. The van der Waals surface area contributed by atoms with Gasteiger partial charge in [0.25, 0.3) is 0 Å². The van der Waals surface area contributed by atoms with Gasteiger partial charge in [-0.05, 0) is 129 Å². The summed E-state index contributed by atoms with van der Waals surface area (Å²) in [5.74, 6) is 0. The van der Waals surface area contributed by atoms with Gasteiger partial charge in [0.1, 0.15) is 0 Å². The van der Waals surface area contributed by atoms with Crippen LogP contribution in [-0.2, 0) is 0 Å². The van der Waals surface area contributed by atoms with Crippen LogP contribution >= 0.6 is 11.3 Å². The summed E-state index contributed by atoms with van der Waals surface area (Å²) in [5, 5.41) is 4.85. The second kappa shape index (κ2) is 15.3. The molecule has 0 atom stereocenters. The van der Waals surface area contributed by atoms with Crippen molar-refractivity contribution in [2.45, 2.75) is 13.8 Å². The van der Waals surface area contributed by atoms with Crippen LogP contribution in [-0.4, -0.2) is 0 Å². The summed E-state index contributed by atoms with van der Waals surface area (Å²) in [7, 11) is 0. The maximum absolute atomic E-state index is 9.47. The number of thiophene rings is 1. The molecule has 0 aliphatic carbocycles. The van der Waals surface area contributed by atoms with Crippen molar-refractivity contribution in [2.75, 3.05) is 9.80 Å². The van der Waals surface area contributed by atoms with Gasteiger partial charge in [0.15, 0.2) is 0 Å². The fourth-order valence-corrected chi connectivity index (χ4v) is 10.0. The molecule has 10 aromatic carbocycles. The van der Waals surface area contributed by atoms with Gasteiger partial charge in [0, 0.05) is 43.9 Å². The minimum absolute atomic E-state index is 0.0385. The van der Waals surface area contributed by atoms with Crippen molar-refractivity contribution >= 4 is 87.2 Å². The molecule has 0 aliphatic heterocycles. The average Bonchev–Trinajstić information content (AvgIpc) is 3.75. The Labute approximate surface area is 366 Å². The zero-order valence-corrected chi connectivity index (χ0v) is 34.6. The van der Waals surface area contributed by atoms with Crippen LogP contribution in [0.1, 0.15) is 16.6 Å². The third kappa shape index (κ3) is 6.51. The van der Waals surface area contributed by atoms with Crippen molar-refractivity contribution < 1.29 is 5.48 Å². The lowest BCUT2D eigenvalue weighted by atomic mass is 9.97. The summed E-state index contributed by atoms with van der Waals surface area (Å²) >= 11 is 1.67. The summed E-state index contributed by atoms with van der Waals surface area (Å²) in [4.78, 5) is 4.59. The van der Waals surface area contributed by atoms with E-state index in [2.05, 4.69) is 175 Å². The molecule has 0 unspecified atom stereocenters. The van der Waals surface area contributed by atoms with E-state index in [1.807, 2.05) is 42.5 Å². The Hall–Kier alpha value is -7.46. The first-order chi connectivity index (χ1) is 31.7. The first-order valence-electron chi connectivity index (χ1n) is 22.6. The molecule has 1 heterocycles. The minimum atomic E-state index is -0.247. The van der Waals surface area contributed by atoms with Gasteiger partial charge >= 0.3 is 0 Å². The van der Waals surface area contributed by atoms with Gasteiger partial charge in [0.05, 0.1) is 15.9 Å². The lowest BCUT2D eigenvalue weighted by Crippen LogP contribution is -2.11. The van der Waals surface area contributed by atoms with Crippen LogP contribution in [0.4, 0.5) is 34.1 Å². The van der Waals surface area contributed by atoms with E-state index >= 15 is 0 Å². The highest BCUT2D eigenvalue weighted by molar-refractivity contribution is 7.26. The Morgan fingerprint density at radius 2 is 0.951 bits per heavy atom. The van der Waals surface area contributed by atoms with Gasteiger partial charge in [0.2, 0.25) is 0 Å². The summed E-state index contributed by atoms with van der Waals surface area (Å²) in [6.45, 7) is 4.28. The zero-order valence-electron chi connectivity index (χ0n) is 37.8. The topological polar surface area (TPSA) is 6.48 Å². The number of hydrogen-bond acceptors (Lipinski definition) is 3. The predicted molar refractivity (Wildman–Crippen MR) is 264 cm³/mol. The van der Waals surface area contributed by atoms with Gasteiger partial charge in [-0.2, -0.15) is 0 Å². The molecule has 0 amide bonds. The number of aryl methyl sites for hydroxylation is 2. The molecule has 3 heteroatoms. The van der Waals surface area contributed by atoms with Gasteiger partial charge < -0.3 is 9.80 Å². The van der Waals surface area contributed by atoms with E-state index in [0.717, 1.165) is 98.4 Å². The fraction of sp³-hybridized carbons (Fsp3) is 0.0345. The SMILES string of the molecule is [2H]c1c([2H])c([2H])c2c(cc(N(c3ccccc3)c3cc(-c4ccccc4)ccc3C)c3sc4ccc5cc(N(c6ccccc6)c6cc(-c7ccccc7)ccc6C)ccc5c4c32)c1[2H]. The maximum atomic E-state index is 9.47. The number of hydrogen-bond donors (Lipinski definition) is 0. The summed E-state index contributed by atoms with van der Waals surface area (Å²) in [5.41, 5.74) is 12.6. The molecule has 290 valence electrons. The van der Waals surface area contributed by atoms with Crippen LogP contribution in [0.2, 0.25) is 0 Å². The summed E-state index contributed by atoms with van der Waals surface area (Å²) in [6, 6.07) is 67.2. The van der Waals surface area contributed by atoms with Crippen LogP contribution in [0, 0.1) is 13.8 Å². The third-order valence-electron chi connectivity index (χ3n) is 11.8. The van der Waals surface area contributed by atoms with Gasteiger partial charge in [-0.15, -0.1) is 11.3 Å². The van der Waals surface area contributed by atoms with E-state index in [0.29, 0.717) is 10.8 Å². The minimum Gasteiger partial charge on any atom is -0.310 e. The lowest BCUT2D eigenvalue weighted by Gasteiger charge is -2.28. The molecule has 0 fully saturated rings. The molecule has 0 aliphatic rings. The fourth-order valence-electron chi connectivity index (χ4n) is 8.78. The molecule has 0 bridgehead atoms. The smallest absolute Gasteiger partial charge is 0.0646 e. The molecule has 0 spiro atoms. The molecule has 0 saturated heterocycles. The average molecular weight is 803 g/mol. The largest absolute Gasteiger partial charge is 0.310 e. The number of benzene rings is 10. The van der Waals surface area contributed by atoms with Crippen molar-refractivity contribution in [1.29, 1.82) is 0 Å². The standard InChI is InChI=1S/C58H42N2S/c1-39-27-29-43(41-17-7-3-8-18-41)36-52(39)59(47-22-11-5-12-23-47)49-32-33-51-46(35-49)31-34-55-56(51)57-50-26-16-15-21-45(50)38-54(58(57)61-55)60(48-24-13-6-14-25-48)53-37-44(30-28-40(53)2)42-19-9-4-10-20-42/h3-38H,1-2H3/i15D,16D,21D,26D. The molecule has 11 aromatic rings. The monoisotopic (exact) mass is 802 g/mol. The number of rotatable bonds is 8. The van der Waals surface area contributed by atoms with Crippen LogP contribution in [0.25, 0.3) is 64.0 Å². The van der Waals surface area contributed by atoms with Crippen molar-refractivity contribution in [3.05, 3.63) is 229 Å². The van der Waals surface area contributed by atoms with E-state index < -0.39 is 0 Å². The summed E-state index contributed by atoms with van der Waals surface area (Å²) in [6.07, 6.45) is 0. The second-order valence-electron chi connectivity index (χ2n) is 15.5. The highest BCUT2D eigenvalue weighted by atomic mass is 32.1. The molecule has 1 aromatic heterocycles. The van der Waals surface area contributed by atoms with Crippen molar-refractivity contribution in [1.82, 2.24) is 0 Å². The Kier molecular flexibility index (Phi) is 8.12. The molecule has 2 nitrogen and oxygen atoms in total. The van der Waals surface area contributed by atoms with Gasteiger partial charge in [-0.3, -0.25) is 0 Å². The molecule has 0 N–H and O–H groups in total. The number of anilines is 6. The third-order valence-corrected chi connectivity index (χ3v) is 13.0. The number of nitrogens with zero attached hydrogens (tertiary/aromatic N) is 2. The van der Waals surface area contributed by atoms with Crippen LogP contribution in [0.15, 0.2) is 218 Å². The highest BCUT2D eigenvalue weighted by Crippen LogP contribution is 2.51. The molecule has 0 saturated carbocycles. The van der Waals surface area contributed by atoms with Crippen LogP contribution in [0.5, 0.6) is 0 Å². The maximum Gasteiger partial charge on any atom is 0.0646 e. The van der Waals surface area contributed by atoms with E-state index in [1.54, 1.807) is 11.3 Å². The number of fused-ring (bicyclic) bond motifs is 7. The van der Waals surface area contributed by atoms with E-state index in [4.69, 9.17) is 2.74 Å². The van der Waals surface area contributed by atoms with Crippen LogP contribution < -0.4 is 9.80 Å². The Bertz CT molecular complexity index is 3610. The predicted octanol–water partition coefficient (Wildman–Crippen LogP) is 17.3. The quantitative estimate of drug-likeness (QED) is 0.151. The molecular weight excluding hydrogens is 757 g/mol. The Morgan fingerprint density at radius 1 is 0.393 bits per heavy atom. The first-order valence-corrected chi connectivity index (χ1v) is 21.4. The Morgan fingerprint density at radius 3 is 1.57 bits per heavy atom. The normalized spacial score (nSPS) is 12.4. The van der Waals surface area contributed by atoms with E-state index in [-0.39, 0.29) is 24.2 Å². The lowest BCUT2D eigenvalue weighted by molar-refractivity contribution is 1.25. The second-order valence-corrected chi connectivity index (χ2v) is 16.6. The highest BCUT2D eigenvalue weighted by Gasteiger charge is 2.24. The van der Waals surface area contributed by atoms with Gasteiger partial charge in [-0.25, -0.2) is 0 Å². The summed E-state index contributed by atoms with van der Waals surface area (Å²) < 4.78 is 38.6. The number of para-hydroxylation sites is 2. The van der Waals surface area contributed by atoms with Crippen molar-refractivity contribution in [3.63, 3.8) is 0 Å². The van der Waals surface area contributed by atoms with Crippen LogP contribution in [0.3, 0.4) is 0 Å². The first kappa shape index (κ1) is 32.4. The van der Waals surface area contributed by atoms with E-state index in [1.165, 1.54) is 0 Å². The zero-order chi connectivity index (χ0) is 44.3. The molecule has 0 radical (unpaired) electrons. The molecular formula is C58H42N2S. The molecule has 11 rings (SSSR count). The van der Waals surface area contributed by atoms with E-state index in [9.17, 15) is 2.74 Å². The van der Waals surface area contributed by atoms with Gasteiger partial charge in [-0.1, -0.05) is 158 Å².